The molecular weight excluding hydrogens is 290 g/mol. The molecule has 1 aliphatic carbocycles. The summed E-state index contributed by atoms with van der Waals surface area (Å²) in [7, 11) is 0. The molecule has 2 aromatic rings. The molecule has 122 valence electrons. The SMILES string of the molecule is Cc1cnc([C@H]2CCN(C(=O)c3c(C)oc4c3CCCC4)C2)[nH]1. The predicted molar refractivity (Wildman–Crippen MR) is 86.7 cm³/mol. The zero-order valence-electron chi connectivity index (χ0n) is 13.8. The first kappa shape index (κ1) is 14.5. The van der Waals surface area contributed by atoms with Crippen molar-refractivity contribution in [2.24, 2.45) is 0 Å². The number of fused-ring (bicyclic) bond motifs is 1. The van der Waals surface area contributed by atoms with Crippen molar-refractivity contribution in [3.63, 3.8) is 0 Å². The Morgan fingerprint density at radius 2 is 2.17 bits per heavy atom. The van der Waals surface area contributed by atoms with Crippen LogP contribution in [0.15, 0.2) is 10.6 Å². The molecule has 2 aliphatic rings. The number of rotatable bonds is 2. The summed E-state index contributed by atoms with van der Waals surface area (Å²) in [6, 6.07) is 0. The maximum Gasteiger partial charge on any atom is 0.257 e. The highest BCUT2D eigenvalue weighted by Crippen LogP contribution is 2.33. The summed E-state index contributed by atoms with van der Waals surface area (Å²) in [5, 5.41) is 0. The number of carbonyl (C=O) groups excluding carboxylic acids is 1. The summed E-state index contributed by atoms with van der Waals surface area (Å²) >= 11 is 0. The highest BCUT2D eigenvalue weighted by Gasteiger charge is 2.33. The maximum absolute atomic E-state index is 13.0. The maximum atomic E-state index is 13.0. The van der Waals surface area contributed by atoms with Crippen LogP contribution in [0.3, 0.4) is 0 Å². The van der Waals surface area contributed by atoms with Crippen molar-refractivity contribution in [1.29, 1.82) is 0 Å². The molecule has 1 amide bonds. The summed E-state index contributed by atoms with van der Waals surface area (Å²) in [6.45, 7) is 5.47. The molecule has 0 spiro atoms. The lowest BCUT2D eigenvalue weighted by Crippen LogP contribution is -2.29. The van der Waals surface area contributed by atoms with Gasteiger partial charge in [-0.1, -0.05) is 0 Å². The molecule has 0 saturated carbocycles. The van der Waals surface area contributed by atoms with Gasteiger partial charge in [0.05, 0.1) is 5.56 Å². The van der Waals surface area contributed by atoms with Crippen LogP contribution in [0.1, 0.15) is 64.1 Å². The van der Waals surface area contributed by atoms with E-state index >= 15 is 0 Å². The summed E-state index contributed by atoms with van der Waals surface area (Å²) in [5.74, 6) is 3.29. The second-order valence-corrected chi connectivity index (χ2v) is 6.83. The third kappa shape index (κ3) is 2.48. The molecule has 1 fully saturated rings. The lowest BCUT2D eigenvalue weighted by molar-refractivity contribution is 0.0788. The molecule has 5 heteroatoms. The van der Waals surface area contributed by atoms with Crippen LogP contribution >= 0.6 is 0 Å². The highest BCUT2D eigenvalue weighted by atomic mass is 16.3. The van der Waals surface area contributed by atoms with Gasteiger partial charge >= 0.3 is 0 Å². The molecule has 1 atom stereocenters. The Morgan fingerprint density at radius 1 is 1.35 bits per heavy atom. The Bertz CT molecular complexity index is 744. The number of hydrogen-bond donors (Lipinski definition) is 1. The number of amides is 1. The molecule has 1 aliphatic heterocycles. The van der Waals surface area contributed by atoms with Crippen molar-refractivity contribution in [3.05, 3.63) is 40.4 Å². The van der Waals surface area contributed by atoms with Gasteiger partial charge in [0.2, 0.25) is 0 Å². The molecule has 4 rings (SSSR count). The monoisotopic (exact) mass is 313 g/mol. The van der Waals surface area contributed by atoms with Gasteiger partial charge in [-0.2, -0.15) is 0 Å². The van der Waals surface area contributed by atoms with Crippen molar-refractivity contribution in [2.45, 2.75) is 51.9 Å². The predicted octanol–water partition coefficient (Wildman–Crippen LogP) is 3.13. The van der Waals surface area contributed by atoms with E-state index in [9.17, 15) is 4.79 Å². The van der Waals surface area contributed by atoms with E-state index < -0.39 is 0 Å². The van der Waals surface area contributed by atoms with Crippen LogP contribution in [-0.2, 0) is 12.8 Å². The van der Waals surface area contributed by atoms with Gasteiger partial charge in [-0.25, -0.2) is 4.98 Å². The van der Waals surface area contributed by atoms with Gasteiger partial charge in [0.25, 0.3) is 5.91 Å². The number of aromatic nitrogens is 2. The molecule has 1 N–H and O–H groups in total. The van der Waals surface area contributed by atoms with Crippen molar-refractivity contribution >= 4 is 5.91 Å². The first-order valence-corrected chi connectivity index (χ1v) is 8.55. The zero-order chi connectivity index (χ0) is 16.0. The van der Waals surface area contributed by atoms with Crippen LogP contribution in [-0.4, -0.2) is 33.9 Å². The van der Waals surface area contributed by atoms with E-state index in [0.29, 0.717) is 5.92 Å². The van der Waals surface area contributed by atoms with E-state index in [1.54, 1.807) is 0 Å². The van der Waals surface area contributed by atoms with Crippen molar-refractivity contribution in [3.8, 4) is 0 Å². The first-order valence-electron chi connectivity index (χ1n) is 8.55. The number of aryl methyl sites for hydroxylation is 3. The normalized spacial score (nSPS) is 20.8. The van der Waals surface area contributed by atoms with Gasteiger partial charge in [0, 0.05) is 42.9 Å². The largest absolute Gasteiger partial charge is 0.465 e. The van der Waals surface area contributed by atoms with Crippen LogP contribution < -0.4 is 0 Å². The summed E-state index contributed by atoms with van der Waals surface area (Å²) in [6.07, 6.45) is 7.09. The first-order chi connectivity index (χ1) is 11.1. The number of nitrogens with zero attached hydrogens (tertiary/aromatic N) is 2. The third-order valence-electron chi connectivity index (χ3n) is 5.15. The fourth-order valence-corrected chi connectivity index (χ4v) is 3.95. The number of carbonyl (C=O) groups is 1. The fraction of sp³-hybridized carbons (Fsp3) is 0.556. The van der Waals surface area contributed by atoms with Gasteiger partial charge in [-0.15, -0.1) is 0 Å². The van der Waals surface area contributed by atoms with Gasteiger partial charge in [0.15, 0.2) is 0 Å². The average Bonchev–Trinajstić information content (AvgIpc) is 3.23. The Kier molecular flexibility index (Phi) is 3.51. The van der Waals surface area contributed by atoms with Crippen LogP contribution in [0.4, 0.5) is 0 Å². The van der Waals surface area contributed by atoms with Crippen LogP contribution in [0.5, 0.6) is 0 Å². The van der Waals surface area contributed by atoms with Crippen LogP contribution in [0.2, 0.25) is 0 Å². The number of likely N-dealkylation sites (tertiary alicyclic amines) is 1. The van der Waals surface area contributed by atoms with Crippen LogP contribution in [0.25, 0.3) is 0 Å². The molecule has 23 heavy (non-hydrogen) atoms. The van der Waals surface area contributed by atoms with E-state index in [0.717, 1.165) is 79.4 Å². The van der Waals surface area contributed by atoms with E-state index in [1.807, 2.05) is 24.9 Å². The van der Waals surface area contributed by atoms with Crippen molar-refractivity contribution in [1.82, 2.24) is 14.9 Å². The standard InChI is InChI=1S/C18H23N3O2/c1-11-9-19-17(20-11)13-7-8-21(10-13)18(22)16-12(2)23-15-6-4-3-5-14(15)16/h9,13H,3-8,10H2,1-2H3,(H,19,20)/t13-/m0/s1. The molecule has 0 radical (unpaired) electrons. The fourth-order valence-electron chi connectivity index (χ4n) is 3.95. The molecule has 3 heterocycles. The topological polar surface area (TPSA) is 62.1 Å². The minimum Gasteiger partial charge on any atom is -0.465 e. The van der Waals surface area contributed by atoms with E-state index in [2.05, 4.69) is 9.97 Å². The Balaban J connectivity index is 1.55. The summed E-state index contributed by atoms with van der Waals surface area (Å²) in [5.41, 5.74) is 3.07. The lowest BCUT2D eigenvalue weighted by atomic mass is 9.94. The minimum atomic E-state index is 0.139. The molecule has 5 nitrogen and oxygen atoms in total. The Morgan fingerprint density at radius 3 is 2.96 bits per heavy atom. The van der Waals surface area contributed by atoms with Gasteiger partial charge < -0.3 is 14.3 Å². The van der Waals surface area contributed by atoms with Crippen LogP contribution in [0, 0.1) is 13.8 Å². The molecule has 0 aromatic carbocycles. The molecule has 1 saturated heterocycles. The number of nitrogens with one attached hydrogen (secondary N) is 1. The summed E-state index contributed by atoms with van der Waals surface area (Å²) < 4.78 is 5.87. The molecule has 0 unspecified atom stereocenters. The van der Waals surface area contributed by atoms with Crippen molar-refractivity contribution < 1.29 is 9.21 Å². The lowest BCUT2D eigenvalue weighted by Gasteiger charge is -2.18. The Labute approximate surface area is 136 Å². The van der Waals surface area contributed by atoms with Gasteiger partial charge in [0.1, 0.15) is 17.3 Å². The average molecular weight is 313 g/mol. The molecular formula is C18H23N3O2. The number of furan rings is 1. The summed E-state index contributed by atoms with van der Waals surface area (Å²) in [4.78, 5) is 22.7. The third-order valence-corrected chi connectivity index (χ3v) is 5.15. The van der Waals surface area contributed by atoms with E-state index in [1.165, 1.54) is 0 Å². The number of H-pyrrole nitrogens is 1. The van der Waals surface area contributed by atoms with Crippen molar-refractivity contribution in [2.75, 3.05) is 13.1 Å². The zero-order valence-corrected chi connectivity index (χ0v) is 13.8. The molecule has 0 bridgehead atoms. The van der Waals surface area contributed by atoms with E-state index in [-0.39, 0.29) is 5.91 Å². The number of hydrogen-bond acceptors (Lipinski definition) is 3. The number of imidazole rings is 1. The minimum absolute atomic E-state index is 0.139. The van der Waals surface area contributed by atoms with Gasteiger partial charge in [-0.3, -0.25) is 4.79 Å². The Hall–Kier alpha value is -2.04. The van der Waals surface area contributed by atoms with Gasteiger partial charge in [-0.05, 0) is 39.5 Å². The molecule has 2 aromatic heterocycles. The van der Waals surface area contributed by atoms with E-state index in [4.69, 9.17) is 4.42 Å². The quantitative estimate of drug-likeness (QED) is 0.926. The highest BCUT2D eigenvalue weighted by molar-refractivity contribution is 5.97. The second-order valence-electron chi connectivity index (χ2n) is 6.83. The number of aromatic amines is 1. The second kappa shape index (κ2) is 5.55. The smallest absolute Gasteiger partial charge is 0.257 e.